The van der Waals surface area contributed by atoms with Crippen LogP contribution in [0.15, 0.2) is 12.1 Å². The maximum atomic E-state index is 8.79. The third kappa shape index (κ3) is 2.91. The molecule has 20 heavy (non-hydrogen) atoms. The number of aromatic nitrogens is 2. The Morgan fingerprint density at radius 3 is 2.65 bits per heavy atom. The van der Waals surface area contributed by atoms with Crippen molar-refractivity contribution in [2.24, 2.45) is 0 Å². The number of nitriles is 1. The Kier molecular flexibility index (Phi) is 4.12. The van der Waals surface area contributed by atoms with Crippen LogP contribution in [-0.4, -0.2) is 47.3 Å². The highest BCUT2D eigenvalue weighted by Crippen LogP contribution is 2.24. The van der Waals surface area contributed by atoms with Crippen molar-refractivity contribution >= 4 is 5.82 Å². The van der Waals surface area contributed by atoms with E-state index in [2.05, 4.69) is 20.0 Å². The first-order valence-electron chi connectivity index (χ1n) is 7.59. The van der Waals surface area contributed by atoms with E-state index in [9.17, 15) is 0 Å². The molecule has 5 nitrogen and oxygen atoms in total. The Morgan fingerprint density at radius 2 is 1.95 bits per heavy atom. The molecule has 0 amide bonds. The van der Waals surface area contributed by atoms with E-state index in [-0.39, 0.29) is 0 Å². The fourth-order valence-corrected chi connectivity index (χ4v) is 3.31. The van der Waals surface area contributed by atoms with Gasteiger partial charge in [0.25, 0.3) is 0 Å². The van der Waals surface area contributed by atoms with Crippen LogP contribution < -0.4 is 4.90 Å². The number of hydrogen-bond acceptors (Lipinski definition) is 5. The van der Waals surface area contributed by atoms with Crippen LogP contribution in [0.25, 0.3) is 0 Å². The van der Waals surface area contributed by atoms with Crippen LogP contribution in [-0.2, 0) is 0 Å². The lowest BCUT2D eigenvalue weighted by atomic mass is 10.1. The minimum atomic E-state index is 0.389. The molecule has 0 bridgehead atoms. The van der Waals surface area contributed by atoms with Gasteiger partial charge in [-0.05, 0) is 50.9 Å². The zero-order valence-corrected chi connectivity index (χ0v) is 11.8. The topological polar surface area (TPSA) is 56.1 Å². The van der Waals surface area contributed by atoms with E-state index in [4.69, 9.17) is 5.26 Å². The largest absolute Gasteiger partial charge is 0.351 e. The van der Waals surface area contributed by atoms with Gasteiger partial charge in [-0.3, -0.25) is 0 Å². The molecule has 0 saturated carbocycles. The van der Waals surface area contributed by atoms with E-state index in [0.29, 0.717) is 11.7 Å². The van der Waals surface area contributed by atoms with Gasteiger partial charge in [0.05, 0.1) is 0 Å². The SMILES string of the molecule is N#Cc1ccc(N2CCCC2CN2CCCCC2)nn1. The molecule has 2 aliphatic heterocycles. The first-order valence-corrected chi connectivity index (χ1v) is 7.59. The average Bonchev–Trinajstić information content (AvgIpc) is 2.96. The normalized spacial score (nSPS) is 23.8. The fourth-order valence-electron chi connectivity index (χ4n) is 3.31. The van der Waals surface area contributed by atoms with Gasteiger partial charge >= 0.3 is 0 Å². The van der Waals surface area contributed by atoms with E-state index in [1.165, 1.54) is 45.2 Å². The lowest BCUT2D eigenvalue weighted by molar-refractivity contribution is 0.216. The molecule has 3 rings (SSSR count). The summed E-state index contributed by atoms with van der Waals surface area (Å²) in [5, 5.41) is 17.0. The van der Waals surface area contributed by atoms with E-state index < -0.39 is 0 Å². The standard InChI is InChI=1S/C15H21N5/c16-11-13-6-7-15(18-17-13)20-10-4-5-14(20)12-19-8-2-1-3-9-19/h6-7,14H,1-5,8-10,12H2. The Labute approximate surface area is 120 Å². The van der Waals surface area contributed by atoms with Crippen LogP contribution in [0.4, 0.5) is 5.82 Å². The molecule has 2 saturated heterocycles. The lowest BCUT2D eigenvalue weighted by Gasteiger charge is -2.33. The smallest absolute Gasteiger partial charge is 0.163 e. The van der Waals surface area contributed by atoms with Gasteiger partial charge in [0, 0.05) is 19.1 Å². The summed E-state index contributed by atoms with van der Waals surface area (Å²) in [5.74, 6) is 0.920. The summed E-state index contributed by atoms with van der Waals surface area (Å²) in [5.41, 5.74) is 0.389. The van der Waals surface area contributed by atoms with Crippen LogP contribution in [0, 0.1) is 11.3 Å². The molecule has 0 radical (unpaired) electrons. The van der Waals surface area contributed by atoms with Crippen molar-refractivity contribution in [3.63, 3.8) is 0 Å². The molecule has 1 aromatic heterocycles. The second-order valence-corrected chi connectivity index (χ2v) is 5.74. The van der Waals surface area contributed by atoms with Gasteiger partial charge in [-0.2, -0.15) is 5.26 Å². The molecule has 5 heteroatoms. The Morgan fingerprint density at radius 1 is 1.10 bits per heavy atom. The number of piperidine rings is 1. The van der Waals surface area contributed by atoms with E-state index in [1.807, 2.05) is 12.1 Å². The Balaban J connectivity index is 1.66. The number of hydrogen-bond donors (Lipinski definition) is 0. The summed E-state index contributed by atoms with van der Waals surface area (Å²) in [7, 11) is 0. The molecular weight excluding hydrogens is 250 g/mol. The van der Waals surface area contributed by atoms with Gasteiger partial charge in [0.1, 0.15) is 6.07 Å². The Hall–Kier alpha value is -1.67. The first kappa shape index (κ1) is 13.3. The maximum absolute atomic E-state index is 8.79. The van der Waals surface area contributed by atoms with E-state index in [1.54, 1.807) is 6.07 Å². The van der Waals surface area contributed by atoms with Crippen molar-refractivity contribution in [2.45, 2.75) is 38.1 Å². The van der Waals surface area contributed by atoms with Crippen molar-refractivity contribution in [2.75, 3.05) is 31.1 Å². The number of anilines is 1. The van der Waals surface area contributed by atoms with Crippen LogP contribution in [0.2, 0.25) is 0 Å². The van der Waals surface area contributed by atoms with Crippen LogP contribution in [0.3, 0.4) is 0 Å². The van der Waals surface area contributed by atoms with Gasteiger partial charge in [-0.15, -0.1) is 10.2 Å². The predicted octanol–water partition coefficient (Wildman–Crippen LogP) is 1.80. The van der Waals surface area contributed by atoms with Crippen molar-refractivity contribution in [3.05, 3.63) is 17.8 Å². The summed E-state index contributed by atoms with van der Waals surface area (Å²) in [4.78, 5) is 4.95. The molecule has 1 atom stereocenters. The third-order valence-corrected chi connectivity index (χ3v) is 4.35. The molecule has 3 heterocycles. The van der Waals surface area contributed by atoms with E-state index in [0.717, 1.165) is 18.9 Å². The summed E-state index contributed by atoms with van der Waals surface area (Å²) in [6.07, 6.45) is 6.51. The van der Waals surface area contributed by atoms with Crippen molar-refractivity contribution < 1.29 is 0 Å². The Bertz CT molecular complexity index is 472. The van der Waals surface area contributed by atoms with Crippen LogP contribution in [0.1, 0.15) is 37.8 Å². The molecule has 2 aliphatic rings. The van der Waals surface area contributed by atoms with Gasteiger partial charge in [-0.25, -0.2) is 0 Å². The van der Waals surface area contributed by atoms with Crippen LogP contribution in [0.5, 0.6) is 0 Å². The van der Waals surface area contributed by atoms with Crippen LogP contribution >= 0.6 is 0 Å². The van der Waals surface area contributed by atoms with E-state index >= 15 is 0 Å². The highest BCUT2D eigenvalue weighted by molar-refractivity contribution is 5.41. The third-order valence-electron chi connectivity index (χ3n) is 4.35. The first-order chi connectivity index (χ1) is 9.86. The fraction of sp³-hybridized carbons (Fsp3) is 0.667. The molecule has 0 aliphatic carbocycles. The summed E-state index contributed by atoms with van der Waals surface area (Å²) in [6.45, 7) is 4.67. The second kappa shape index (κ2) is 6.19. The van der Waals surface area contributed by atoms with Gasteiger partial charge in [0.15, 0.2) is 11.5 Å². The zero-order chi connectivity index (χ0) is 13.8. The highest BCUT2D eigenvalue weighted by Gasteiger charge is 2.28. The van der Waals surface area contributed by atoms with Crippen molar-refractivity contribution in [1.82, 2.24) is 15.1 Å². The lowest BCUT2D eigenvalue weighted by Crippen LogP contribution is -2.42. The molecule has 0 aromatic carbocycles. The molecule has 1 unspecified atom stereocenters. The zero-order valence-electron chi connectivity index (χ0n) is 11.8. The molecule has 0 spiro atoms. The molecule has 2 fully saturated rings. The number of rotatable bonds is 3. The second-order valence-electron chi connectivity index (χ2n) is 5.74. The summed E-state index contributed by atoms with van der Waals surface area (Å²) in [6, 6.07) is 6.27. The molecule has 0 N–H and O–H groups in total. The minimum absolute atomic E-state index is 0.389. The summed E-state index contributed by atoms with van der Waals surface area (Å²) >= 11 is 0. The van der Waals surface area contributed by atoms with Gasteiger partial charge in [-0.1, -0.05) is 6.42 Å². The predicted molar refractivity (Wildman–Crippen MR) is 77.4 cm³/mol. The summed E-state index contributed by atoms with van der Waals surface area (Å²) < 4.78 is 0. The maximum Gasteiger partial charge on any atom is 0.163 e. The van der Waals surface area contributed by atoms with Gasteiger partial charge < -0.3 is 9.80 Å². The van der Waals surface area contributed by atoms with Crippen molar-refractivity contribution in [3.8, 4) is 6.07 Å². The van der Waals surface area contributed by atoms with Crippen molar-refractivity contribution in [1.29, 1.82) is 5.26 Å². The number of nitrogens with zero attached hydrogens (tertiary/aromatic N) is 5. The molecular formula is C15H21N5. The average molecular weight is 271 g/mol. The quantitative estimate of drug-likeness (QED) is 0.839. The van der Waals surface area contributed by atoms with Gasteiger partial charge in [0.2, 0.25) is 0 Å². The molecule has 106 valence electrons. The minimum Gasteiger partial charge on any atom is -0.351 e. The number of likely N-dealkylation sites (tertiary alicyclic amines) is 1. The molecule has 1 aromatic rings. The highest BCUT2D eigenvalue weighted by atomic mass is 15.3. The monoisotopic (exact) mass is 271 g/mol.